The first kappa shape index (κ1) is 11.5. The standard InChI is InChI=1S/C10H15N3O2S/c1-7-9(16-12-11-7)10(15)13(5-6-14)8-3-2-4-8/h8,14H,2-6H2,1H3. The number of amides is 1. The minimum Gasteiger partial charge on any atom is -0.395 e. The Morgan fingerprint density at radius 2 is 2.38 bits per heavy atom. The number of hydrogen-bond donors (Lipinski definition) is 1. The van der Waals surface area contributed by atoms with Crippen molar-refractivity contribution in [3.8, 4) is 0 Å². The van der Waals surface area contributed by atoms with Crippen LogP contribution in [0.5, 0.6) is 0 Å². The number of carbonyl (C=O) groups excluding carboxylic acids is 1. The van der Waals surface area contributed by atoms with Crippen LogP contribution in [0.4, 0.5) is 0 Å². The molecule has 0 aliphatic heterocycles. The number of nitrogens with zero attached hydrogens (tertiary/aromatic N) is 3. The lowest BCUT2D eigenvalue weighted by Gasteiger charge is -2.36. The van der Waals surface area contributed by atoms with Crippen molar-refractivity contribution in [3.63, 3.8) is 0 Å². The molecule has 6 heteroatoms. The van der Waals surface area contributed by atoms with E-state index in [1.54, 1.807) is 11.8 Å². The Labute approximate surface area is 98.2 Å². The SMILES string of the molecule is Cc1nnsc1C(=O)N(CCO)C1CCC1. The van der Waals surface area contributed by atoms with E-state index < -0.39 is 0 Å². The maximum atomic E-state index is 12.2. The Balaban J connectivity index is 2.13. The number of aryl methyl sites for hydroxylation is 1. The third kappa shape index (κ3) is 2.08. The second-order valence-electron chi connectivity index (χ2n) is 3.99. The van der Waals surface area contributed by atoms with Gasteiger partial charge in [-0.1, -0.05) is 4.49 Å². The number of hydrogen-bond acceptors (Lipinski definition) is 5. The highest BCUT2D eigenvalue weighted by molar-refractivity contribution is 7.07. The molecule has 0 spiro atoms. The van der Waals surface area contributed by atoms with Gasteiger partial charge in [0.05, 0.1) is 12.3 Å². The summed E-state index contributed by atoms with van der Waals surface area (Å²) in [5, 5.41) is 12.8. The van der Waals surface area contributed by atoms with E-state index in [1.807, 2.05) is 0 Å². The molecular formula is C10H15N3O2S. The van der Waals surface area contributed by atoms with Crippen molar-refractivity contribution in [3.05, 3.63) is 10.6 Å². The highest BCUT2D eigenvalue weighted by Crippen LogP contribution is 2.26. The van der Waals surface area contributed by atoms with Gasteiger partial charge in [0.25, 0.3) is 5.91 Å². The Hall–Kier alpha value is -1.01. The third-order valence-electron chi connectivity index (χ3n) is 2.96. The summed E-state index contributed by atoms with van der Waals surface area (Å²) in [6.07, 6.45) is 3.24. The van der Waals surface area contributed by atoms with E-state index in [9.17, 15) is 4.79 Å². The first-order chi connectivity index (χ1) is 7.74. The Kier molecular flexibility index (Phi) is 3.50. The average Bonchev–Trinajstić information content (AvgIpc) is 2.60. The smallest absolute Gasteiger partial charge is 0.267 e. The zero-order valence-electron chi connectivity index (χ0n) is 9.22. The molecule has 0 radical (unpaired) electrons. The number of carbonyl (C=O) groups is 1. The number of rotatable bonds is 4. The van der Waals surface area contributed by atoms with E-state index in [0.29, 0.717) is 23.2 Å². The molecule has 1 aromatic heterocycles. The lowest BCUT2D eigenvalue weighted by atomic mass is 9.91. The molecule has 1 N–H and O–H groups in total. The fourth-order valence-electron chi connectivity index (χ4n) is 1.81. The molecule has 1 saturated carbocycles. The van der Waals surface area contributed by atoms with E-state index in [2.05, 4.69) is 9.59 Å². The molecule has 0 atom stereocenters. The molecule has 5 nitrogen and oxygen atoms in total. The maximum Gasteiger partial charge on any atom is 0.267 e. The maximum absolute atomic E-state index is 12.2. The van der Waals surface area contributed by atoms with Gasteiger partial charge in [0.1, 0.15) is 4.88 Å². The summed E-state index contributed by atoms with van der Waals surface area (Å²) in [5.41, 5.74) is 0.678. The lowest BCUT2D eigenvalue weighted by molar-refractivity contribution is 0.0529. The second-order valence-corrected chi connectivity index (χ2v) is 4.75. The van der Waals surface area contributed by atoms with Crippen LogP contribution in [-0.4, -0.2) is 44.7 Å². The largest absolute Gasteiger partial charge is 0.395 e. The van der Waals surface area contributed by atoms with Crippen molar-refractivity contribution in [1.82, 2.24) is 14.5 Å². The van der Waals surface area contributed by atoms with Gasteiger partial charge in [-0.3, -0.25) is 4.79 Å². The molecule has 0 saturated heterocycles. The molecular weight excluding hydrogens is 226 g/mol. The summed E-state index contributed by atoms with van der Waals surface area (Å²) in [4.78, 5) is 14.5. The van der Waals surface area contributed by atoms with Gasteiger partial charge in [0.2, 0.25) is 0 Å². The van der Waals surface area contributed by atoms with E-state index in [-0.39, 0.29) is 12.5 Å². The van der Waals surface area contributed by atoms with Crippen LogP contribution >= 0.6 is 11.5 Å². The van der Waals surface area contributed by atoms with Crippen LogP contribution in [0, 0.1) is 6.92 Å². The predicted molar refractivity (Wildman–Crippen MR) is 60.4 cm³/mol. The van der Waals surface area contributed by atoms with Crippen LogP contribution in [0.25, 0.3) is 0 Å². The zero-order chi connectivity index (χ0) is 11.5. The minimum atomic E-state index is -0.0359. The van der Waals surface area contributed by atoms with Crippen molar-refractivity contribution in [2.75, 3.05) is 13.2 Å². The fourth-order valence-corrected chi connectivity index (χ4v) is 2.43. The minimum absolute atomic E-state index is 0.00746. The van der Waals surface area contributed by atoms with Crippen molar-refractivity contribution in [2.45, 2.75) is 32.2 Å². The predicted octanol–water partition coefficient (Wildman–Crippen LogP) is 0.834. The topological polar surface area (TPSA) is 66.3 Å². The molecule has 1 fully saturated rings. The summed E-state index contributed by atoms with van der Waals surface area (Å²) < 4.78 is 3.77. The van der Waals surface area contributed by atoms with Gasteiger partial charge in [-0.15, -0.1) is 5.10 Å². The van der Waals surface area contributed by atoms with E-state index in [4.69, 9.17) is 5.11 Å². The average molecular weight is 241 g/mol. The van der Waals surface area contributed by atoms with Crippen molar-refractivity contribution in [1.29, 1.82) is 0 Å². The Bertz CT molecular complexity index is 376. The summed E-state index contributed by atoms with van der Waals surface area (Å²) in [5.74, 6) is -0.0359. The highest BCUT2D eigenvalue weighted by atomic mass is 32.1. The summed E-state index contributed by atoms with van der Waals surface area (Å²) >= 11 is 1.13. The van der Waals surface area contributed by atoms with Crippen LogP contribution in [-0.2, 0) is 0 Å². The molecule has 0 bridgehead atoms. The van der Waals surface area contributed by atoms with Gasteiger partial charge in [0, 0.05) is 12.6 Å². The van der Waals surface area contributed by atoms with E-state index in [0.717, 1.165) is 24.4 Å². The number of aliphatic hydroxyl groups is 1. The monoisotopic (exact) mass is 241 g/mol. The van der Waals surface area contributed by atoms with Crippen LogP contribution in [0.3, 0.4) is 0 Å². The van der Waals surface area contributed by atoms with Crippen molar-refractivity contribution >= 4 is 17.4 Å². The first-order valence-corrected chi connectivity index (χ1v) is 6.22. The molecule has 16 heavy (non-hydrogen) atoms. The van der Waals surface area contributed by atoms with Crippen LogP contribution < -0.4 is 0 Å². The molecule has 0 unspecified atom stereocenters. The second kappa shape index (κ2) is 4.88. The van der Waals surface area contributed by atoms with Gasteiger partial charge in [0.15, 0.2) is 0 Å². The number of aliphatic hydroxyl groups excluding tert-OH is 1. The lowest BCUT2D eigenvalue weighted by Crippen LogP contribution is -2.45. The Morgan fingerprint density at radius 1 is 1.62 bits per heavy atom. The summed E-state index contributed by atoms with van der Waals surface area (Å²) in [6, 6.07) is 0.293. The Morgan fingerprint density at radius 3 is 2.81 bits per heavy atom. The molecule has 1 aliphatic carbocycles. The van der Waals surface area contributed by atoms with Gasteiger partial charge >= 0.3 is 0 Å². The van der Waals surface area contributed by atoms with Crippen LogP contribution in [0.2, 0.25) is 0 Å². The van der Waals surface area contributed by atoms with Gasteiger partial charge in [-0.05, 0) is 37.7 Å². The van der Waals surface area contributed by atoms with Crippen LogP contribution in [0.1, 0.15) is 34.6 Å². The van der Waals surface area contributed by atoms with E-state index in [1.165, 1.54) is 6.42 Å². The van der Waals surface area contributed by atoms with E-state index >= 15 is 0 Å². The highest BCUT2D eigenvalue weighted by Gasteiger charge is 2.30. The molecule has 88 valence electrons. The van der Waals surface area contributed by atoms with Gasteiger partial charge in [-0.25, -0.2) is 0 Å². The molecule has 1 aliphatic rings. The molecule has 2 rings (SSSR count). The third-order valence-corrected chi connectivity index (χ3v) is 3.78. The molecule has 1 aromatic rings. The first-order valence-electron chi connectivity index (χ1n) is 5.45. The van der Waals surface area contributed by atoms with Gasteiger partial charge in [-0.2, -0.15) is 0 Å². The fraction of sp³-hybridized carbons (Fsp3) is 0.700. The quantitative estimate of drug-likeness (QED) is 0.848. The number of aromatic nitrogens is 2. The zero-order valence-corrected chi connectivity index (χ0v) is 10.0. The van der Waals surface area contributed by atoms with Gasteiger partial charge < -0.3 is 10.0 Å². The van der Waals surface area contributed by atoms with Crippen molar-refractivity contribution < 1.29 is 9.90 Å². The summed E-state index contributed by atoms with van der Waals surface area (Å²) in [7, 11) is 0. The molecule has 1 heterocycles. The molecule has 1 amide bonds. The normalized spacial score (nSPS) is 15.9. The van der Waals surface area contributed by atoms with Crippen LogP contribution in [0.15, 0.2) is 0 Å². The van der Waals surface area contributed by atoms with Crippen molar-refractivity contribution in [2.24, 2.45) is 0 Å². The summed E-state index contributed by atoms with van der Waals surface area (Å²) in [6.45, 7) is 2.20. The molecule has 0 aromatic carbocycles.